The molecular weight excluding hydrogens is 462 g/mol. The fourth-order valence-electron chi connectivity index (χ4n) is 4.11. The smallest absolute Gasteiger partial charge is 0.263 e. The molecule has 1 amide bonds. The van der Waals surface area contributed by atoms with Crippen LogP contribution in [0.25, 0.3) is 21.5 Å². The van der Waals surface area contributed by atoms with Crippen molar-refractivity contribution in [1.29, 1.82) is 0 Å². The van der Waals surface area contributed by atoms with Crippen LogP contribution in [-0.2, 0) is 14.8 Å². The molecule has 1 atom stereocenters. The predicted octanol–water partition coefficient (Wildman–Crippen LogP) is 4.70. The summed E-state index contributed by atoms with van der Waals surface area (Å²) in [5.41, 5.74) is 3.75. The number of hydrazone groups is 1. The second kappa shape index (κ2) is 10.1. The van der Waals surface area contributed by atoms with E-state index in [4.69, 9.17) is 4.74 Å². The Morgan fingerprint density at radius 1 is 1.00 bits per heavy atom. The van der Waals surface area contributed by atoms with E-state index in [9.17, 15) is 13.2 Å². The Labute approximate surface area is 205 Å². The van der Waals surface area contributed by atoms with E-state index >= 15 is 0 Å². The van der Waals surface area contributed by atoms with Crippen LogP contribution >= 0.6 is 0 Å². The number of carbonyl (C=O) groups is 1. The van der Waals surface area contributed by atoms with E-state index in [0.717, 1.165) is 37.7 Å². The average molecular weight is 490 g/mol. The van der Waals surface area contributed by atoms with Crippen LogP contribution in [0.2, 0.25) is 0 Å². The summed E-state index contributed by atoms with van der Waals surface area (Å²) in [7, 11) is -3.74. The van der Waals surface area contributed by atoms with Crippen LogP contribution in [0.15, 0.2) is 84.0 Å². The van der Waals surface area contributed by atoms with Crippen molar-refractivity contribution in [2.75, 3.05) is 17.2 Å². The molecule has 4 rings (SSSR count). The highest BCUT2D eigenvalue weighted by Gasteiger charge is 2.29. The SMILES string of the molecule is CCOc1ccc(N([C@H](C)C(=O)N/N=C\c2c3ccccc3cc3ccccc23)S(C)(=O)=O)cc1. The second-order valence-corrected chi connectivity index (χ2v) is 9.99. The minimum atomic E-state index is -3.74. The maximum atomic E-state index is 12.9. The number of hydrogen-bond donors (Lipinski definition) is 1. The summed E-state index contributed by atoms with van der Waals surface area (Å²) < 4.78 is 31.6. The van der Waals surface area contributed by atoms with Crippen LogP contribution in [0.4, 0.5) is 5.69 Å². The van der Waals surface area contributed by atoms with Crippen molar-refractivity contribution in [3.05, 3.63) is 84.4 Å². The lowest BCUT2D eigenvalue weighted by Gasteiger charge is -2.27. The minimum absolute atomic E-state index is 0.364. The van der Waals surface area contributed by atoms with E-state index < -0.39 is 22.0 Å². The van der Waals surface area contributed by atoms with Crippen molar-refractivity contribution in [2.45, 2.75) is 19.9 Å². The fraction of sp³-hybridized carbons (Fsp3) is 0.185. The summed E-state index contributed by atoms with van der Waals surface area (Å²) in [4.78, 5) is 12.9. The van der Waals surface area contributed by atoms with E-state index in [1.54, 1.807) is 30.5 Å². The fourth-order valence-corrected chi connectivity index (χ4v) is 5.28. The molecule has 0 radical (unpaired) electrons. The molecule has 35 heavy (non-hydrogen) atoms. The third-order valence-corrected chi connectivity index (χ3v) is 6.91. The highest BCUT2D eigenvalue weighted by Crippen LogP contribution is 2.27. The molecule has 0 spiro atoms. The largest absolute Gasteiger partial charge is 0.494 e. The van der Waals surface area contributed by atoms with Crippen molar-refractivity contribution >= 4 is 49.4 Å². The zero-order valence-corrected chi connectivity index (χ0v) is 20.6. The summed E-state index contributed by atoms with van der Waals surface area (Å²) in [6.07, 6.45) is 2.68. The van der Waals surface area contributed by atoms with Crippen LogP contribution in [0.3, 0.4) is 0 Å². The summed E-state index contributed by atoms with van der Waals surface area (Å²) in [6, 6.07) is 23.6. The van der Waals surface area contributed by atoms with Crippen LogP contribution in [0, 0.1) is 0 Å². The van der Waals surface area contributed by atoms with Crippen molar-refractivity contribution < 1.29 is 17.9 Å². The van der Waals surface area contributed by atoms with E-state index in [2.05, 4.69) is 16.6 Å². The molecule has 0 aromatic heterocycles. The summed E-state index contributed by atoms with van der Waals surface area (Å²) in [5.74, 6) is 0.0684. The van der Waals surface area contributed by atoms with Crippen LogP contribution in [0.5, 0.6) is 5.75 Å². The first-order chi connectivity index (χ1) is 16.8. The zero-order chi connectivity index (χ0) is 25.0. The zero-order valence-electron chi connectivity index (χ0n) is 19.8. The third kappa shape index (κ3) is 5.27. The summed E-state index contributed by atoms with van der Waals surface area (Å²) >= 11 is 0. The predicted molar refractivity (Wildman–Crippen MR) is 142 cm³/mol. The van der Waals surface area contributed by atoms with Crippen LogP contribution < -0.4 is 14.5 Å². The van der Waals surface area contributed by atoms with Gasteiger partial charge in [0.05, 0.1) is 24.8 Å². The number of ether oxygens (including phenoxy) is 1. The molecule has 0 bridgehead atoms. The summed E-state index contributed by atoms with van der Waals surface area (Å²) in [6.45, 7) is 3.89. The standard InChI is InChI=1S/C27H27N3O4S/c1-4-34-23-15-13-22(14-16-23)30(35(3,32)33)19(2)27(31)29-28-18-26-24-11-7-5-9-20(24)17-21-10-6-8-12-25(21)26/h5-19H,4H2,1-3H3,(H,29,31)/b28-18-/t19-/m1/s1. The molecule has 0 aliphatic rings. The molecule has 7 nitrogen and oxygen atoms in total. The van der Waals surface area contributed by atoms with E-state index in [1.807, 2.05) is 55.5 Å². The van der Waals surface area contributed by atoms with Gasteiger partial charge in [0, 0.05) is 5.56 Å². The Balaban J connectivity index is 1.60. The molecule has 0 heterocycles. The minimum Gasteiger partial charge on any atom is -0.494 e. The molecule has 0 saturated heterocycles. The van der Waals surface area contributed by atoms with Gasteiger partial charge in [-0.15, -0.1) is 0 Å². The quantitative estimate of drug-likeness (QED) is 0.221. The van der Waals surface area contributed by atoms with Gasteiger partial charge in [-0.05, 0) is 65.7 Å². The van der Waals surface area contributed by atoms with Gasteiger partial charge in [-0.1, -0.05) is 48.5 Å². The topological polar surface area (TPSA) is 88.1 Å². The third-order valence-electron chi connectivity index (χ3n) is 5.67. The van der Waals surface area contributed by atoms with Crippen LogP contribution in [0.1, 0.15) is 19.4 Å². The monoisotopic (exact) mass is 489 g/mol. The van der Waals surface area contributed by atoms with Crippen molar-refractivity contribution in [3.8, 4) is 5.75 Å². The van der Waals surface area contributed by atoms with Crippen molar-refractivity contribution in [2.24, 2.45) is 5.10 Å². The number of nitrogens with one attached hydrogen (secondary N) is 1. The number of amides is 1. The molecule has 180 valence electrons. The Morgan fingerprint density at radius 2 is 1.57 bits per heavy atom. The molecule has 0 unspecified atom stereocenters. The number of sulfonamides is 1. The average Bonchev–Trinajstić information content (AvgIpc) is 2.84. The van der Waals surface area contributed by atoms with Gasteiger partial charge in [-0.25, -0.2) is 13.8 Å². The number of benzene rings is 4. The molecular formula is C27H27N3O4S. The first-order valence-corrected chi connectivity index (χ1v) is 13.1. The molecule has 4 aromatic carbocycles. The number of hydrogen-bond acceptors (Lipinski definition) is 5. The van der Waals surface area contributed by atoms with Gasteiger partial charge in [0.2, 0.25) is 10.0 Å². The number of rotatable bonds is 8. The highest BCUT2D eigenvalue weighted by atomic mass is 32.2. The van der Waals surface area contributed by atoms with Gasteiger partial charge < -0.3 is 4.74 Å². The Kier molecular flexibility index (Phi) is 7.02. The van der Waals surface area contributed by atoms with E-state index in [1.165, 1.54) is 6.92 Å². The van der Waals surface area contributed by atoms with E-state index in [-0.39, 0.29) is 0 Å². The van der Waals surface area contributed by atoms with Gasteiger partial charge >= 0.3 is 0 Å². The van der Waals surface area contributed by atoms with Gasteiger partial charge in [0.25, 0.3) is 5.91 Å². The number of nitrogens with zero attached hydrogens (tertiary/aromatic N) is 2. The molecule has 8 heteroatoms. The van der Waals surface area contributed by atoms with Gasteiger partial charge in [0.1, 0.15) is 11.8 Å². The maximum Gasteiger partial charge on any atom is 0.263 e. The number of anilines is 1. The van der Waals surface area contributed by atoms with Gasteiger partial charge in [0.15, 0.2) is 0 Å². The lowest BCUT2D eigenvalue weighted by atomic mass is 9.97. The second-order valence-electron chi connectivity index (χ2n) is 8.13. The van der Waals surface area contributed by atoms with Crippen LogP contribution in [-0.4, -0.2) is 39.4 Å². The molecule has 0 aliphatic carbocycles. The Morgan fingerprint density at radius 3 is 2.11 bits per heavy atom. The number of carbonyl (C=O) groups excluding carboxylic acids is 1. The van der Waals surface area contributed by atoms with Gasteiger partial charge in [-0.2, -0.15) is 5.10 Å². The van der Waals surface area contributed by atoms with Crippen molar-refractivity contribution in [1.82, 2.24) is 5.43 Å². The molecule has 1 N–H and O–H groups in total. The Hall–Kier alpha value is -3.91. The van der Waals surface area contributed by atoms with Crippen molar-refractivity contribution in [3.63, 3.8) is 0 Å². The normalized spacial score (nSPS) is 12.7. The van der Waals surface area contributed by atoms with E-state index in [0.29, 0.717) is 18.0 Å². The molecule has 0 fully saturated rings. The molecule has 0 aliphatic heterocycles. The van der Waals surface area contributed by atoms with Gasteiger partial charge in [-0.3, -0.25) is 9.10 Å². The first kappa shape index (κ1) is 24.2. The lowest BCUT2D eigenvalue weighted by Crippen LogP contribution is -2.46. The molecule has 0 saturated carbocycles. The summed E-state index contributed by atoms with van der Waals surface area (Å²) in [5, 5.41) is 8.32. The Bertz CT molecular complexity index is 1440. The highest BCUT2D eigenvalue weighted by molar-refractivity contribution is 7.92. The molecule has 4 aromatic rings. The maximum absolute atomic E-state index is 12.9. The first-order valence-electron chi connectivity index (χ1n) is 11.2. The number of fused-ring (bicyclic) bond motifs is 2. The lowest BCUT2D eigenvalue weighted by molar-refractivity contribution is -0.121.